The normalized spacial score (nSPS) is 30.1. The van der Waals surface area contributed by atoms with Crippen molar-refractivity contribution in [1.82, 2.24) is 4.90 Å². The van der Waals surface area contributed by atoms with Crippen molar-refractivity contribution in [2.75, 3.05) is 12.4 Å². The van der Waals surface area contributed by atoms with E-state index in [4.69, 9.17) is 4.74 Å². The first kappa shape index (κ1) is 18.2. The van der Waals surface area contributed by atoms with Gasteiger partial charge in [0.1, 0.15) is 11.7 Å². The molecule has 2 bridgehead atoms. The Hall–Kier alpha value is -2.82. The molecule has 2 aromatic rings. The predicted molar refractivity (Wildman–Crippen MR) is 111 cm³/mol. The molecule has 2 fully saturated rings. The lowest BCUT2D eigenvalue weighted by Crippen LogP contribution is -2.70. The van der Waals surface area contributed by atoms with Gasteiger partial charge in [-0.25, -0.2) is 0 Å². The van der Waals surface area contributed by atoms with Crippen molar-refractivity contribution >= 4 is 17.5 Å². The van der Waals surface area contributed by atoms with E-state index >= 15 is 0 Å². The molecule has 1 saturated heterocycles. The Morgan fingerprint density at radius 2 is 1.90 bits per heavy atom. The van der Waals surface area contributed by atoms with Crippen molar-refractivity contribution in [3.05, 3.63) is 59.7 Å². The number of hydrogen-bond acceptors (Lipinski definition) is 3. The van der Waals surface area contributed by atoms with Crippen molar-refractivity contribution in [1.29, 1.82) is 0 Å². The number of amides is 2. The standard InChI is InChI=1S/C24H26N2O3/c1-15-9-3-5-12-18(15)25-22(27)21-20-16-10-4-6-13-19(16)29-24(26(2)23(21)28)14-8-7-11-17(20)24/h3-6,9-10,12-13,17,20-21H,7-8,11,14H2,1-2H3,(H,25,27)/t17-,20-,21+,24+/m0/s1. The molecule has 2 aliphatic heterocycles. The molecule has 0 spiro atoms. The Labute approximate surface area is 171 Å². The second kappa shape index (κ2) is 6.61. The molecule has 5 heteroatoms. The lowest BCUT2D eigenvalue weighted by Gasteiger charge is -2.59. The van der Waals surface area contributed by atoms with E-state index in [0.717, 1.165) is 48.2 Å². The summed E-state index contributed by atoms with van der Waals surface area (Å²) < 4.78 is 6.52. The van der Waals surface area contributed by atoms with Gasteiger partial charge in [-0.05, 0) is 43.0 Å². The Bertz CT molecular complexity index is 988. The van der Waals surface area contributed by atoms with Gasteiger partial charge in [0.2, 0.25) is 11.8 Å². The average Bonchev–Trinajstić information content (AvgIpc) is 2.73. The molecule has 0 unspecified atom stereocenters. The number of para-hydroxylation sites is 2. The fraction of sp³-hybridized carbons (Fsp3) is 0.417. The minimum absolute atomic E-state index is 0.126. The van der Waals surface area contributed by atoms with Crippen LogP contribution in [0.1, 0.15) is 42.7 Å². The fourth-order valence-corrected chi connectivity index (χ4v) is 5.64. The Kier molecular flexibility index (Phi) is 4.16. The van der Waals surface area contributed by atoms with Gasteiger partial charge in [0.25, 0.3) is 0 Å². The Morgan fingerprint density at radius 3 is 2.72 bits per heavy atom. The number of rotatable bonds is 2. The number of likely N-dealkylation sites (tertiary alicyclic amines) is 1. The first-order chi connectivity index (χ1) is 14.0. The summed E-state index contributed by atoms with van der Waals surface area (Å²) in [5, 5.41) is 3.03. The number of anilines is 1. The molecule has 1 saturated carbocycles. The van der Waals surface area contributed by atoms with E-state index in [9.17, 15) is 9.59 Å². The fourth-order valence-electron chi connectivity index (χ4n) is 5.64. The molecule has 1 aliphatic carbocycles. The van der Waals surface area contributed by atoms with Gasteiger partial charge in [-0.3, -0.25) is 9.59 Å². The third-order valence-corrected chi connectivity index (χ3v) is 7.09. The highest BCUT2D eigenvalue weighted by Crippen LogP contribution is 2.58. The molecule has 0 aromatic heterocycles. The van der Waals surface area contributed by atoms with Crippen LogP contribution in [0.15, 0.2) is 48.5 Å². The Morgan fingerprint density at radius 1 is 1.14 bits per heavy atom. The molecule has 4 atom stereocenters. The summed E-state index contributed by atoms with van der Waals surface area (Å²) in [5.41, 5.74) is 2.10. The zero-order valence-corrected chi connectivity index (χ0v) is 16.9. The average molecular weight is 390 g/mol. The molecular weight excluding hydrogens is 364 g/mol. The molecule has 29 heavy (non-hydrogen) atoms. The number of carbonyl (C=O) groups is 2. The number of nitrogens with one attached hydrogen (secondary N) is 1. The van der Waals surface area contributed by atoms with Gasteiger partial charge in [0, 0.05) is 31.0 Å². The molecule has 2 aromatic carbocycles. The van der Waals surface area contributed by atoms with E-state index in [2.05, 4.69) is 5.32 Å². The molecule has 5 nitrogen and oxygen atoms in total. The maximum atomic E-state index is 13.5. The van der Waals surface area contributed by atoms with Crippen molar-refractivity contribution in [2.45, 2.75) is 44.2 Å². The first-order valence-electron chi connectivity index (χ1n) is 10.4. The van der Waals surface area contributed by atoms with Crippen LogP contribution in [0.3, 0.4) is 0 Å². The number of piperidine rings is 1. The summed E-state index contributed by atoms with van der Waals surface area (Å²) in [6.45, 7) is 1.96. The van der Waals surface area contributed by atoms with E-state index < -0.39 is 11.6 Å². The summed E-state index contributed by atoms with van der Waals surface area (Å²) >= 11 is 0. The lowest BCUT2D eigenvalue weighted by molar-refractivity contribution is -0.201. The highest BCUT2D eigenvalue weighted by Gasteiger charge is 2.63. The van der Waals surface area contributed by atoms with Crippen LogP contribution in [-0.4, -0.2) is 29.5 Å². The van der Waals surface area contributed by atoms with Crippen LogP contribution in [0.5, 0.6) is 5.75 Å². The summed E-state index contributed by atoms with van der Waals surface area (Å²) in [5.74, 6) is -0.343. The van der Waals surface area contributed by atoms with Crippen molar-refractivity contribution < 1.29 is 14.3 Å². The van der Waals surface area contributed by atoms with Crippen molar-refractivity contribution in [3.63, 3.8) is 0 Å². The second-order valence-corrected chi connectivity index (χ2v) is 8.54. The van der Waals surface area contributed by atoms with Crippen LogP contribution >= 0.6 is 0 Å². The topological polar surface area (TPSA) is 58.6 Å². The van der Waals surface area contributed by atoms with Gasteiger partial charge in [0.05, 0.1) is 0 Å². The summed E-state index contributed by atoms with van der Waals surface area (Å²) in [4.78, 5) is 28.7. The number of nitrogens with zero attached hydrogens (tertiary/aromatic N) is 1. The number of aryl methyl sites for hydroxylation is 1. The van der Waals surface area contributed by atoms with E-state index in [0.29, 0.717) is 0 Å². The van der Waals surface area contributed by atoms with E-state index in [-0.39, 0.29) is 23.7 Å². The van der Waals surface area contributed by atoms with Crippen LogP contribution in [0, 0.1) is 18.8 Å². The number of ether oxygens (including phenoxy) is 1. The zero-order chi connectivity index (χ0) is 20.2. The molecule has 1 N–H and O–H groups in total. The number of carbonyl (C=O) groups excluding carboxylic acids is 2. The van der Waals surface area contributed by atoms with E-state index in [1.807, 2.05) is 55.5 Å². The van der Waals surface area contributed by atoms with Crippen LogP contribution in [0.2, 0.25) is 0 Å². The molecular formula is C24H26N2O3. The lowest BCUT2D eigenvalue weighted by atomic mass is 9.61. The SMILES string of the molecule is Cc1ccccc1NC(=O)[C@@H]1C(=O)N(C)[C@@]23CCCC[C@H]2[C@@H]1c1ccccc1O3. The van der Waals surface area contributed by atoms with Crippen LogP contribution in [-0.2, 0) is 9.59 Å². The maximum absolute atomic E-state index is 13.5. The minimum atomic E-state index is -0.749. The Balaban J connectivity index is 1.60. The van der Waals surface area contributed by atoms with Crippen LogP contribution in [0.4, 0.5) is 5.69 Å². The summed E-state index contributed by atoms with van der Waals surface area (Å²) in [6.07, 6.45) is 3.91. The van der Waals surface area contributed by atoms with Gasteiger partial charge in [-0.2, -0.15) is 0 Å². The molecule has 150 valence electrons. The summed E-state index contributed by atoms with van der Waals surface area (Å²) in [7, 11) is 1.80. The molecule has 2 amide bonds. The van der Waals surface area contributed by atoms with E-state index in [1.165, 1.54) is 0 Å². The smallest absolute Gasteiger partial charge is 0.238 e. The maximum Gasteiger partial charge on any atom is 0.238 e. The van der Waals surface area contributed by atoms with Crippen molar-refractivity contribution in [3.8, 4) is 5.75 Å². The quantitative estimate of drug-likeness (QED) is 0.786. The number of benzene rings is 2. The monoisotopic (exact) mass is 390 g/mol. The number of hydrogen-bond donors (Lipinski definition) is 1. The van der Waals surface area contributed by atoms with Crippen LogP contribution < -0.4 is 10.1 Å². The molecule has 3 aliphatic rings. The highest BCUT2D eigenvalue weighted by atomic mass is 16.5. The summed E-state index contributed by atoms with van der Waals surface area (Å²) in [6, 6.07) is 15.6. The van der Waals surface area contributed by atoms with E-state index in [1.54, 1.807) is 11.9 Å². The largest absolute Gasteiger partial charge is 0.467 e. The van der Waals surface area contributed by atoms with Gasteiger partial charge in [0.15, 0.2) is 5.72 Å². The van der Waals surface area contributed by atoms with Crippen molar-refractivity contribution in [2.24, 2.45) is 11.8 Å². The third kappa shape index (κ3) is 2.60. The molecule has 5 rings (SSSR count). The third-order valence-electron chi connectivity index (χ3n) is 7.09. The number of fused-ring (bicyclic) bond motifs is 2. The first-order valence-corrected chi connectivity index (χ1v) is 10.4. The molecule has 0 radical (unpaired) electrons. The molecule has 2 heterocycles. The van der Waals surface area contributed by atoms with Gasteiger partial charge in [-0.1, -0.05) is 42.8 Å². The van der Waals surface area contributed by atoms with Gasteiger partial charge >= 0.3 is 0 Å². The van der Waals surface area contributed by atoms with Gasteiger partial charge < -0.3 is 15.0 Å². The van der Waals surface area contributed by atoms with Crippen LogP contribution in [0.25, 0.3) is 0 Å². The van der Waals surface area contributed by atoms with Gasteiger partial charge in [-0.15, -0.1) is 0 Å². The predicted octanol–water partition coefficient (Wildman–Crippen LogP) is 4.08. The zero-order valence-electron chi connectivity index (χ0n) is 16.9. The second-order valence-electron chi connectivity index (χ2n) is 8.54. The minimum Gasteiger partial charge on any atom is -0.467 e. The highest BCUT2D eigenvalue weighted by molar-refractivity contribution is 6.08.